The SMILES string of the molecule is O=C(/C=C/c1ccc(COc2ccccc2[N+](=O)[O-])o1)c1ccc(Cl)c(Cl)c1. The van der Waals surface area contributed by atoms with Gasteiger partial charge in [0.05, 0.1) is 15.0 Å². The highest BCUT2D eigenvalue weighted by Crippen LogP contribution is 2.27. The Labute approximate surface area is 170 Å². The summed E-state index contributed by atoms with van der Waals surface area (Å²) < 4.78 is 11.0. The van der Waals surface area contributed by atoms with Crippen LogP contribution in [0.1, 0.15) is 21.9 Å². The van der Waals surface area contributed by atoms with Gasteiger partial charge in [0.15, 0.2) is 11.5 Å². The average Bonchev–Trinajstić information content (AvgIpc) is 3.14. The molecule has 3 aromatic rings. The minimum Gasteiger partial charge on any atom is -0.479 e. The van der Waals surface area contributed by atoms with E-state index in [0.29, 0.717) is 27.1 Å². The van der Waals surface area contributed by atoms with Crippen molar-refractivity contribution in [2.45, 2.75) is 6.61 Å². The number of ether oxygens (including phenoxy) is 1. The summed E-state index contributed by atoms with van der Waals surface area (Å²) in [4.78, 5) is 22.7. The maximum absolute atomic E-state index is 12.2. The van der Waals surface area contributed by atoms with E-state index in [1.807, 2.05) is 0 Å². The Bertz CT molecular complexity index is 1060. The molecule has 8 heteroatoms. The zero-order chi connectivity index (χ0) is 20.1. The molecule has 0 saturated carbocycles. The Hall–Kier alpha value is -3.09. The molecule has 0 bridgehead atoms. The first-order chi connectivity index (χ1) is 13.4. The van der Waals surface area contributed by atoms with Crippen LogP contribution in [0, 0.1) is 10.1 Å². The maximum atomic E-state index is 12.2. The predicted molar refractivity (Wildman–Crippen MR) is 106 cm³/mol. The Morgan fingerprint density at radius 3 is 2.64 bits per heavy atom. The summed E-state index contributed by atoms with van der Waals surface area (Å²) in [6.45, 7) is 0.0133. The quantitative estimate of drug-likeness (QED) is 0.204. The fourth-order valence-electron chi connectivity index (χ4n) is 2.34. The first-order valence-electron chi connectivity index (χ1n) is 8.06. The summed E-state index contributed by atoms with van der Waals surface area (Å²) >= 11 is 11.7. The number of ketones is 1. The number of carbonyl (C=O) groups excluding carboxylic acids is 1. The van der Waals surface area contributed by atoms with Gasteiger partial charge in [-0.1, -0.05) is 35.3 Å². The minimum absolute atomic E-state index is 0.0133. The molecule has 0 unspecified atom stereocenters. The smallest absolute Gasteiger partial charge is 0.310 e. The fraction of sp³-hybridized carbons (Fsp3) is 0.0500. The van der Waals surface area contributed by atoms with Crippen LogP contribution in [0.4, 0.5) is 5.69 Å². The molecule has 0 aliphatic carbocycles. The molecule has 0 amide bonds. The number of allylic oxidation sites excluding steroid dienone is 1. The lowest BCUT2D eigenvalue weighted by molar-refractivity contribution is -0.386. The molecule has 28 heavy (non-hydrogen) atoms. The second-order valence-corrected chi connectivity index (χ2v) is 6.46. The van der Waals surface area contributed by atoms with Crippen molar-refractivity contribution in [1.29, 1.82) is 0 Å². The van der Waals surface area contributed by atoms with Gasteiger partial charge in [-0.2, -0.15) is 0 Å². The maximum Gasteiger partial charge on any atom is 0.310 e. The van der Waals surface area contributed by atoms with Gasteiger partial charge in [-0.15, -0.1) is 0 Å². The standard InChI is InChI=1S/C20H13Cl2NO5/c21-16-9-5-13(11-17(16)22)19(24)10-8-14-6-7-15(28-14)12-27-20-4-2-1-3-18(20)23(25)26/h1-11H,12H2/b10-8+. The van der Waals surface area contributed by atoms with Gasteiger partial charge in [-0.05, 0) is 48.6 Å². The highest BCUT2D eigenvalue weighted by Gasteiger charge is 2.14. The summed E-state index contributed by atoms with van der Waals surface area (Å²) in [5.74, 6) is 0.790. The third kappa shape index (κ3) is 4.79. The van der Waals surface area contributed by atoms with Crippen molar-refractivity contribution in [1.82, 2.24) is 0 Å². The molecule has 6 nitrogen and oxygen atoms in total. The number of hydrogen-bond donors (Lipinski definition) is 0. The van der Waals surface area contributed by atoms with Crippen molar-refractivity contribution in [3.05, 3.63) is 97.9 Å². The van der Waals surface area contributed by atoms with Gasteiger partial charge in [0.2, 0.25) is 0 Å². The molecule has 2 aromatic carbocycles. The van der Waals surface area contributed by atoms with E-state index in [0.717, 1.165) is 0 Å². The molecule has 0 aliphatic rings. The van der Waals surface area contributed by atoms with Gasteiger partial charge >= 0.3 is 5.69 Å². The number of rotatable bonds is 7. The zero-order valence-electron chi connectivity index (χ0n) is 14.3. The molecule has 3 rings (SSSR count). The van der Waals surface area contributed by atoms with Crippen molar-refractivity contribution < 1.29 is 18.9 Å². The van der Waals surface area contributed by atoms with Crippen LogP contribution in [0.5, 0.6) is 5.75 Å². The molecular formula is C20H13Cl2NO5. The van der Waals surface area contributed by atoms with Crippen LogP contribution in [0.3, 0.4) is 0 Å². The topological polar surface area (TPSA) is 82.6 Å². The number of benzene rings is 2. The number of halogens is 2. The molecule has 1 heterocycles. The molecule has 0 radical (unpaired) electrons. The lowest BCUT2D eigenvalue weighted by atomic mass is 10.1. The van der Waals surface area contributed by atoms with Gasteiger partial charge in [-0.25, -0.2) is 0 Å². The third-order valence-corrected chi connectivity index (χ3v) is 4.46. The summed E-state index contributed by atoms with van der Waals surface area (Å²) in [6.07, 6.45) is 2.87. The van der Waals surface area contributed by atoms with E-state index in [9.17, 15) is 14.9 Å². The van der Waals surface area contributed by atoms with Gasteiger partial charge in [0.1, 0.15) is 18.1 Å². The number of nitro groups is 1. The van der Waals surface area contributed by atoms with E-state index >= 15 is 0 Å². The van der Waals surface area contributed by atoms with E-state index in [-0.39, 0.29) is 23.8 Å². The second kappa shape index (κ2) is 8.73. The highest BCUT2D eigenvalue weighted by molar-refractivity contribution is 6.42. The molecule has 0 N–H and O–H groups in total. The normalized spacial score (nSPS) is 10.9. The van der Waals surface area contributed by atoms with Crippen molar-refractivity contribution in [3.63, 3.8) is 0 Å². The highest BCUT2D eigenvalue weighted by atomic mass is 35.5. The predicted octanol–water partition coefficient (Wildman–Crippen LogP) is 5.97. The van der Waals surface area contributed by atoms with E-state index in [1.165, 1.54) is 30.4 Å². The molecule has 0 fully saturated rings. The Kier molecular flexibility index (Phi) is 6.13. The first-order valence-corrected chi connectivity index (χ1v) is 8.82. The average molecular weight is 418 g/mol. The molecule has 142 valence electrons. The molecule has 0 aliphatic heterocycles. The van der Waals surface area contributed by atoms with Crippen LogP contribution in [-0.4, -0.2) is 10.7 Å². The van der Waals surface area contributed by atoms with Crippen molar-refractivity contribution in [2.75, 3.05) is 0 Å². The Morgan fingerprint density at radius 1 is 1.11 bits per heavy atom. The number of carbonyl (C=O) groups is 1. The van der Waals surface area contributed by atoms with Gasteiger partial charge < -0.3 is 9.15 Å². The van der Waals surface area contributed by atoms with Gasteiger partial charge in [0, 0.05) is 11.6 Å². The number of nitro benzene ring substituents is 1. The molecule has 0 atom stereocenters. The summed E-state index contributed by atoms with van der Waals surface area (Å²) in [5, 5.41) is 11.7. The largest absolute Gasteiger partial charge is 0.479 e. The van der Waals surface area contributed by atoms with Crippen LogP contribution in [0.2, 0.25) is 10.0 Å². The van der Waals surface area contributed by atoms with Gasteiger partial charge in [0.25, 0.3) is 0 Å². The number of nitrogens with zero attached hydrogens (tertiary/aromatic N) is 1. The van der Waals surface area contributed by atoms with Crippen molar-refractivity contribution in [3.8, 4) is 5.75 Å². The molecule has 1 aromatic heterocycles. The zero-order valence-corrected chi connectivity index (χ0v) is 15.8. The number of furan rings is 1. The van der Waals surface area contributed by atoms with Crippen molar-refractivity contribution >= 4 is 40.7 Å². The summed E-state index contributed by atoms with van der Waals surface area (Å²) in [6, 6.07) is 14.0. The van der Waals surface area contributed by atoms with Crippen LogP contribution in [0.15, 0.2) is 65.1 Å². The lowest BCUT2D eigenvalue weighted by Crippen LogP contribution is -1.97. The second-order valence-electron chi connectivity index (χ2n) is 5.64. The number of para-hydroxylation sites is 2. The number of hydrogen-bond acceptors (Lipinski definition) is 5. The molecular weight excluding hydrogens is 405 g/mol. The Morgan fingerprint density at radius 2 is 1.89 bits per heavy atom. The fourth-order valence-corrected chi connectivity index (χ4v) is 2.64. The van der Waals surface area contributed by atoms with E-state index < -0.39 is 4.92 Å². The Balaban J connectivity index is 1.64. The van der Waals surface area contributed by atoms with Crippen molar-refractivity contribution in [2.24, 2.45) is 0 Å². The van der Waals surface area contributed by atoms with E-state index in [1.54, 1.807) is 36.4 Å². The summed E-state index contributed by atoms with van der Waals surface area (Å²) in [5.41, 5.74) is 0.276. The summed E-state index contributed by atoms with van der Waals surface area (Å²) in [7, 11) is 0. The van der Waals surface area contributed by atoms with Crippen LogP contribution < -0.4 is 4.74 Å². The third-order valence-electron chi connectivity index (χ3n) is 3.72. The molecule has 0 spiro atoms. The van der Waals surface area contributed by atoms with Crippen LogP contribution in [0.25, 0.3) is 6.08 Å². The first kappa shape index (κ1) is 19.7. The van der Waals surface area contributed by atoms with E-state index in [2.05, 4.69) is 0 Å². The van der Waals surface area contributed by atoms with Crippen LogP contribution in [-0.2, 0) is 6.61 Å². The lowest BCUT2D eigenvalue weighted by Gasteiger charge is -2.04. The van der Waals surface area contributed by atoms with Crippen LogP contribution >= 0.6 is 23.2 Å². The van der Waals surface area contributed by atoms with E-state index in [4.69, 9.17) is 32.4 Å². The monoisotopic (exact) mass is 417 g/mol. The minimum atomic E-state index is -0.514. The molecule has 0 saturated heterocycles. The van der Waals surface area contributed by atoms with Gasteiger partial charge in [-0.3, -0.25) is 14.9 Å².